The summed E-state index contributed by atoms with van der Waals surface area (Å²) >= 11 is 0. The lowest BCUT2D eigenvalue weighted by molar-refractivity contribution is 0.411. The third-order valence-corrected chi connectivity index (χ3v) is 3.55. The molecule has 2 aromatic rings. The molecule has 2 rings (SSSR count). The maximum atomic E-state index is 5.80. The molecule has 1 aromatic carbocycles. The quantitative estimate of drug-likeness (QED) is 0.884. The molecule has 0 unspecified atom stereocenters. The zero-order valence-corrected chi connectivity index (χ0v) is 11.5. The van der Waals surface area contributed by atoms with Gasteiger partial charge in [0.2, 0.25) is 0 Å². The summed E-state index contributed by atoms with van der Waals surface area (Å²) < 4.78 is 7.29. The second-order valence-corrected chi connectivity index (χ2v) is 4.58. The number of methoxy groups -OCH3 is 1. The molecule has 0 fully saturated rings. The van der Waals surface area contributed by atoms with Crippen LogP contribution in [-0.2, 0) is 7.05 Å². The standard InChI is InChI=1S/C14H19N3O/c1-8-6-12(18-5)9(2)10(3)13(8)11-7-16-14(15)17(11)4/h6-7H,1-5H3,(H2,15,16). The number of nitrogens with two attached hydrogens (primary N) is 1. The van der Waals surface area contributed by atoms with Crippen LogP contribution >= 0.6 is 0 Å². The van der Waals surface area contributed by atoms with E-state index in [0.29, 0.717) is 5.95 Å². The van der Waals surface area contributed by atoms with Gasteiger partial charge in [-0.05, 0) is 43.5 Å². The van der Waals surface area contributed by atoms with Crippen LogP contribution in [0.2, 0.25) is 0 Å². The van der Waals surface area contributed by atoms with Gasteiger partial charge in [0, 0.05) is 12.6 Å². The van der Waals surface area contributed by atoms with Gasteiger partial charge in [0.05, 0.1) is 19.0 Å². The van der Waals surface area contributed by atoms with Gasteiger partial charge in [0.1, 0.15) is 5.75 Å². The zero-order valence-electron chi connectivity index (χ0n) is 11.5. The van der Waals surface area contributed by atoms with E-state index in [1.807, 2.05) is 17.8 Å². The summed E-state index contributed by atoms with van der Waals surface area (Å²) in [5.41, 5.74) is 11.5. The smallest absolute Gasteiger partial charge is 0.200 e. The van der Waals surface area contributed by atoms with E-state index in [1.165, 1.54) is 11.1 Å². The Morgan fingerprint density at radius 3 is 2.39 bits per heavy atom. The maximum absolute atomic E-state index is 5.80. The second kappa shape index (κ2) is 4.37. The first-order chi connectivity index (χ1) is 8.47. The summed E-state index contributed by atoms with van der Waals surface area (Å²) in [5.74, 6) is 1.45. The number of benzene rings is 1. The Labute approximate surface area is 107 Å². The Bertz CT molecular complexity index is 600. The van der Waals surface area contributed by atoms with E-state index in [2.05, 4.69) is 31.8 Å². The molecule has 0 radical (unpaired) electrons. The van der Waals surface area contributed by atoms with Crippen LogP contribution in [0, 0.1) is 20.8 Å². The van der Waals surface area contributed by atoms with E-state index in [4.69, 9.17) is 10.5 Å². The molecular weight excluding hydrogens is 226 g/mol. The fourth-order valence-corrected chi connectivity index (χ4v) is 2.31. The summed E-state index contributed by atoms with van der Waals surface area (Å²) in [5, 5.41) is 0. The molecule has 18 heavy (non-hydrogen) atoms. The Kier molecular flexibility index (Phi) is 3.03. The van der Waals surface area contributed by atoms with Crippen molar-refractivity contribution < 1.29 is 4.74 Å². The summed E-state index contributed by atoms with van der Waals surface area (Å²) in [6.07, 6.45) is 1.82. The van der Waals surface area contributed by atoms with E-state index in [0.717, 1.165) is 22.6 Å². The predicted octanol–water partition coefficient (Wildman–Crippen LogP) is 2.60. The average molecular weight is 245 g/mol. The van der Waals surface area contributed by atoms with Crippen molar-refractivity contribution in [2.75, 3.05) is 12.8 Å². The number of aryl methyl sites for hydroxylation is 1. The SMILES string of the molecule is COc1cc(C)c(-c2cnc(N)n2C)c(C)c1C. The highest BCUT2D eigenvalue weighted by atomic mass is 16.5. The van der Waals surface area contributed by atoms with Crippen molar-refractivity contribution in [3.8, 4) is 17.0 Å². The molecule has 0 spiro atoms. The van der Waals surface area contributed by atoms with E-state index in [9.17, 15) is 0 Å². The van der Waals surface area contributed by atoms with Crippen molar-refractivity contribution in [1.29, 1.82) is 0 Å². The van der Waals surface area contributed by atoms with Gasteiger partial charge in [0.15, 0.2) is 5.95 Å². The molecule has 4 nitrogen and oxygen atoms in total. The summed E-state index contributed by atoms with van der Waals surface area (Å²) in [7, 11) is 3.62. The van der Waals surface area contributed by atoms with Gasteiger partial charge >= 0.3 is 0 Å². The van der Waals surface area contributed by atoms with Crippen LogP contribution in [-0.4, -0.2) is 16.7 Å². The summed E-state index contributed by atoms with van der Waals surface area (Å²) in [6, 6.07) is 2.06. The van der Waals surface area contributed by atoms with E-state index in [-0.39, 0.29) is 0 Å². The number of rotatable bonds is 2. The van der Waals surface area contributed by atoms with Gasteiger partial charge < -0.3 is 15.0 Å². The van der Waals surface area contributed by atoms with Gasteiger partial charge in [-0.3, -0.25) is 0 Å². The third-order valence-electron chi connectivity index (χ3n) is 3.55. The lowest BCUT2D eigenvalue weighted by atomic mass is 9.95. The highest BCUT2D eigenvalue weighted by Crippen LogP contribution is 2.34. The van der Waals surface area contributed by atoms with Gasteiger partial charge in [-0.15, -0.1) is 0 Å². The Morgan fingerprint density at radius 1 is 1.22 bits per heavy atom. The first-order valence-electron chi connectivity index (χ1n) is 5.89. The number of aromatic nitrogens is 2. The normalized spacial score (nSPS) is 10.7. The van der Waals surface area contributed by atoms with Crippen molar-refractivity contribution in [2.24, 2.45) is 7.05 Å². The Hall–Kier alpha value is -1.97. The van der Waals surface area contributed by atoms with Crippen molar-refractivity contribution >= 4 is 5.95 Å². The van der Waals surface area contributed by atoms with Gasteiger partial charge in [-0.25, -0.2) is 4.98 Å². The highest BCUT2D eigenvalue weighted by molar-refractivity contribution is 5.72. The lowest BCUT2D eigenvalue weighted by Crippen LogP contribution is -2.02. The number of nitrogen functional groups attached to an aromatic ring is 1. The minimum Gasteiger partial charge on any atom is -0.496 e. The number of ether oxygens (including phenoxy) is 1. The minimum atomic E-state index is 0.525. The second-order valence-electron chi connectivity index (χ2n) is 4.58. The third kappa shape index (κ3) is 1.74. The first-order valence-corrected chi connectivity index (χ1v) is 5.89. The summed E-state index contributed by atoms with van der Waals surface area (Å²) in [6.45, 7) is 6.24. The van der Waals surface area contributed by atoms with Gasteiger partial charge in [-0.1, -0.05) is 0 Å². The molecule has 0 aliphatic rings. The van der Waals surface area contributed by atoms with Crippen LogP contribution in [0.5, 0.6) is 5.75 Å². The lowest BCUT2D eigenvalue weighted by Gasteiger charge is -2.16. The number of imidazole rings is 1. The molecule has 2 N–H and O–H groups in total. The van der Waals surface area contributed by atoms with Gasteiger partial charge in [-0.2, -0.15) is 0 Å². The van der Waals surface area contributed by atoms with E-state index >= 15 is 0 Å². The predicted molar refractivity (Wildman–Crippen MR) is 73.8 cm³/mol. The van der Waals surface area contributed by atoms with Crippen molar-refractivity contribution in [3.63, 3.8) is 0 Å². The topological polar surface area (TPSA) is 53.1 Å². The summed E-state index contributed by atoms with van der Waals surface area (Å²) in [4.78, 5) is 4.16. The molecule has 0 aliphatic heterocycles. The van der Waals surface area contributed by atoms with Crippen LogP contribution in [0.4, 0.5) is 5.95 Å². The van der Waals surface area contributed by atoms with Crippen LogP contribution < -0.4 is 10.5 Å². The number of nitrogens with zero attached hydrogens (tertiary/aromatic N) is 2. The first kappa shape index (κ1) is 12.5. The Morgan fingerprint density at radius 2 is 1.89 bits per heavy atom. The minimum absolute atomic E-state index is 0.525. The fourth-order valence-electron chi connectivity index (χ4n) is 2.31. The monoisotopic (exact) mass is 245 g/mol. The van der Waals surface area contributed by atoms with Crippen LogP contribution in [0.3, 0.4) is 0 Å². The van der Waals surface area contributed by atoms with Crippen LogP contribution in [0.25, 0.3) is 11.3 Å². The molecule has 96 valence electrons. The number of anilines is 1. The van der Waals surface area contributed by atoms with E-state index in [1.54, 1.807) is 7.11 Å². The molecule has 0 saturated heterocycles. The molecule has 0 atom stereocenters. The molecule has 0 aliphatic carbocycles. The number of hydrogen-bond donors (Lipinski definition) is 1. The number of hydrogen-bond acceptors (Lipinski definition) is 3. The highest BCUT2D eigenvalue weighted by Gasteiger charge is 2.15. The largest absolute Gasteiger partial charge is 0.496 e. The molecule has 1 aromatic heterocycles. The maximum Gasteiger partial charge on any atom is 0.200 e. The fraction of sp³-hybridized carbons (Fsp3) is 0.357. The molecule has 0 saturated carbocycles. The molecule has 0 bridgehead atoms. The van der Waals surface area contributed by atoms with Crippen LogP contribution in [0.15, 0.2) is 12.3 Å². The van der Waals surface area contributed by atoms with Gasteiger partial charge in [0.25, 0.3) is 0 Å². The molecule has 0 amide bonds. The molecular formula is C14H19N3O. The van der Waals surface area contributed by atoms with E-state index < -0.39 is 0 Å². The van der Waals surface area contributed by atoms with Crippen molar-refractivity contribution in [2.45, 2.75) is 20.8 Å². The Balaban J connectivity index is 2.73. The van der Waals surface area contributed by atoms with Crippen molar-refractivity contribution in [3.05, 3.63) is 29.0 Å². The molecule has 1 heterocycles. The van der Waals surface area contributed by atoms with Crippen molar-refractivity contribution in [1.82, 2.24) is 9.55 Å². The molecule has 4 heteroatoms. The zero-order chi connectivity index (χ0) is 13.4. The average Bonchev–Trinajstić information content (AvgIpc) is 2.66. The van der Waals surface area contributed by atoms with Crippen LogP contribution in [0.1, 0.15) is 16.7 Å².